The van der Waals surface area contributed by atoms with Crippen LogP contribution in [-0.2, 0) is 4.79 Å². The van der Waals surface area contributed by atoms with Crippen LogP contribution in [0.5, 0.6) is 0 Å². The molecule has 0 aliphatic carbocycles. The van der Waals surface area contributed by atoms with Crippen molar-refractivity contribution in [2.45, 2.75) is 32.1 Å². The average molecular weight is 332 g/mol. The zero-order valence-electron chi connectivity index (χ0n) is 13.8. The van der Waals surface area contributed by atoms with Gasteiger partial charge in [-0.1, -0.05) is 0 Å². The van der Waals surface area contributed by atoms with E-state index in [1.165, 1.54) is 6.07 Å². The van der Waals surface area contributed by atoms with Crippen LogP contribution in [0.25, 0.3) is 0 Å². The number of nitro benzene ring substituents is 1. The molecular formula is C17H24N4O3. The minimum atomic E-state index is -0.363. The van der Waals surface area contributed by atoms with Gasteiger partial charge in [-0.3, -0.25) is 14.9 Å². The number of carbonyl (C=O) groups is 1. The first-order chi connectivity index (χ1) is 11.5. The lowest BCUT2D eigenvalue weighted by atomic mass is 9.92. The van der Waals surface area contributed by atoms with Gasteiger partial charge in [-0.05, 0) is 43.7 Å². The first-order valence-electron chi connectivity index (χ1n) is 8.61. The van der Waals surface area contributed by atoms with Crippen molar-refractivity contribution >= 4 is 23.0 Å². The first kappa shape index (κ1) is 16.5. The second kappa shape index (κ2) is 7.07. The van der Waals surface area contributed by atoms with Crippen molar-refractivity contribution in [3.8, 4) is 0 Å². The van der Waals surface area contributed by atoms with Crippen LogP contribution in [-0.4, -0.2) is 41.9 Å². The van der Waals surface area contributed by atoms with Gasteiger partial charge in [0.05, 0.1) is 4.92 Å². The molecule has 2 saturated heterocycles. The van der Waals surface area contributed by atoms with E-state index in [0.29, 0.717) is 23.7 Å². The number of piperidine rings is 1. The highest BCUT2D eigenvalue weighted by Crippen LogP contribution is 2.34. The Morgan fingerprint density at radius 1 is 1.21 bits per heavy atom. The number of nitrogen functional groups attached to an aromatic ring is 1. The predicted octanol–water partition coefficient (Wildman–Crippen LogP) is 2.41. The molecular weight excluding hydrogens is 308 g/mol. The molecule has 2 aliphatic rings. The van der Waals surface area contributed by atoms with E-state index in [0.717, 1.165) is 51.9 Å². The highest BCUT2D eigenvalue weighted by atomic mass is 16.6. The lowest BCUT2D eigenvalue weighted by molar-refractivity contribution is -0.384. The number of amides is 1. The predicted molar refractivity (Wildman–Crippen MR) is 92.9 cm³/mol. The minimum Gasteiger partial charge on any atom is -0.399 e. The van der Waals surface area contributed by atoms with Crippen LogP contribution >= 0.6 is 0 Å². The molecule has 0 aromatic heterocycles. The maximum Gasteiger partial charge on any atom is 0.292 e. The number of hydrogen-bond acceptors (Lipinski definition) is 5. The van der Waals surface area contributed by atoms with E-state index in [1.807, 2.05) is 9.80 Å². The van der Waals surface area contributed by atoms with Crippen molar-refractivity contribution in [3.63, 3.8) is 0 Å². The van der Waals surface area contributed by atoms with E-state index in [1.54, 1.807) is 12.1 Å². The summed E-state index contributed by atoms with van der Waals surface area (Å²) < 4.78 is 0. The summed E-state index contributed by atoms with van der Waals surface area (Å²) in [5.74, 6) is 0.635. The molecule has 0 saturated carbocycles. The maximum atomic E-state index is 12.3. The van der Waals surface area contributed by atoms with Crippen LogP contribution < -0.4 is 10.6 Å². The van der Waals surface area contributed by atoms with Gasteiger partial charge in [0.2, 0.25) is 5.91 Å². The summed E-state index contributed by atoms with van der Waals surface area (Å²) in [6.07, 6.45) is 4.59. The average Bonchev–Trinajstić information content (AvgIpc) is 3.10. The normalized spacial score (nSPS) is 18.8. The third-order valence-electron chi connectivity index (χ3n) is 5.07. The van der Waals surface area contributed by atoms with Gasteiger partial charge in [0.15, 0.2) is 0 Å². The number of carbonyl (C=O) groups excluding carboxylic acids is 1. The lowest BCUT2D eigenvalue weighted by Crippen LogP contribution is -2.37. The highest BCUT2D eigenvalue weighted by molar-refractivity contribution is 5.76. The van der Waals surface area contributed by atoms with Gasteiger partial charge < -0.3 is 15.5 Å². The van der Waals surface area contributed by atoms with Crippen molar-refractivity contribution in [2.24, 2.45) is 5.92 Å². The van der Waals surface area contributed by atoms with Gasteiger partial charge >= 0.3 is 0 Å². The van der Waals surface area contributed by atoms with Gasteiger partial charge in [0.25, 0.3) is 5.69 Å². The molecule has 1 aromatic rings. The molecule has 2 aliphatic heterocycles. The molecule has 7 nitrogen and oxygen atoms in total. The summed E-state index contributed by atoms with van der Waals surface area (Å²) in [5, 5.41) is 11.2. The zero-order valence-corrected chi connectivity index (χ0v) is 13.8. The molecule has 2 fully saturated rings. The summed E-state index contributed by atoms with van der Waals surface area (Å²) in [4.78, 5) is 27.1. The van der Waals surface area contributed by atoms with Gasteiger partial charge in [-0.15, -0.1) is 0 Å². The quantitative estimate of drug-likeness (QED) is 0.519. The Kier molecular flexibility index (Phi) is 4.87. The molecule has 0 atom stereocenters. The van der Waals surface area contributed by atoms with Crippen molar-refractivity contribution in [2.75, 3.05) is 36.8 Å². The summed E-state index contributed by atoms with van der Waals surface area (Å²) in [5.41, 5.74) is 7.01. The summed E-state index contributed by atoms with van der Waals surface area (Å²) >= 11 is 0. The summed E-state index contributed by atoms with van der Waals surface area (Å²) in [6.45, 7) is 3.24. The third kappa shape index (κ3) is 3.60. The van der Waals surface area contributed by atoms with E-state index in [9.17, 15) is 14.9 Å². The number of benzene rings is 1. The summed E-state index contributed by atoms with van der Waals surface area (Å²) in [7, 11) is 0. The van der Waals surface area contributed by atoms with E-state index < -0.39 is 0 Å². The Bertz CT molecular complexity index is 620. The third-order valence-corrected chi connectivity index (χ3v) is 5.07. The number of nitrogens with zero attached hydrogens (tertiary/aromatic N) is 3. The van der Waals surface area contributed by atoms with Crippen LogP contribution in [0.15, 0.2) is 18.2 Å². The lowest BCUT2D eigenvalue weighted by Gasteiger charge is -2.33. The Morgan fingerprint density at radius 2 is 1.88 bits per heavy atom. The van der Waals surface area contributed by atoms with Crippen molar-refractivity contribution in [3.05, 3.63) is 28.3 Å². The highest BCUT2D eigenvalue weighted by Gasteiger charge is 2.28. The van der Waals surface area contributed by atoms with Crippen LogP contribution in [0.2, 0.25) is 0 Å². The Labute approximate surface area is 141 Å². The number of nitro groups is 1. The molecule has 2 heterocycles. The second-order valence-electron chi connectivity index (χ2n) is 6.73. The number of likely N-dealkylation sites (tertiary alicyclic amines) is 1. The summed E-state index contributed by atoms with van der Waals surface area (Å²) in [6, 6.07) is 4.70. The Hall–Kier alpha value is -2.31. The maximum absolute atomic E-state index is 12.3. The van der Waals surface area contributed by atoms with Gasteiger partial charge in [0.1, 0.15) is 5.69 Å². The monoisotopic (exact) mass is 332 g/mol. The van der Waals surface area contributed by atoms with E-state index >= 15 is 0 Å². The van der Waals surface area contributed by atoms with Gasteiger partial charge in [-0.25, -0.2) is 0 Å². The molecule has 0 radical (unpaired) electrons. The van der Waals surface area contributed by atoms with E-state index in [4.69, 9.17) is 5.73 Å². The van der Waals surface area contributed by atoms with Crippen LogP contribution in [0.3, 0.4) is 0 Å². The SMILES string of the molecule is Nc1ccc([N+](=O)[O-])c(N2CCC(CC(=O)N3CCCC3)CC2)c1. The molecule has 0 unspecified atom stereocenters. The molecule has 3 rings (SSSR count). The molecule has 130 valence electrons. The molecule has 2 N–H and O–H groups in total. The fourth-order valence-corrected chi connectivity index (χ4v) is 3.67. The van der Waals surface area contributed by atoms with Crippen LogP contribution in [0.4, 0.5) is 17.1 Å². The standard InChI is InChI=1S/C17H24N4O3/c18-14-3-4-15(21(23)24)16(12-14)19-9-5-13(6-10-19)11-17(22)20-7-1-2-8-20/h3-4,12-13H,1-2,5-11,18H2. The fraction of sp³-hybridized carbons (Fsp3) is 0.588. The number of anilines is 2. The minimum absolute atomic E-state index is 0.0933. The largest absolute Gasteiger partial charge is 0.399 e. The zero-order chi connectivity index (χ0) is 17.1. The molecule has 0 spiro atoms. The smallest absolute Gasteiger partial charge is 0.292 e. The van der Waals surface area contributed by atoms with Crippen LogP contribution in [0, 0.1) is 16.0 Å². The number of rotatable bonds is 4. The van der Waals surface area contributed by atoms with Crippen LogP contribution in [0.1, 0.15) is 32.1 Å². The number of hydrogen-bond donors (Lipinski definition) is 1. The van der Waals surface area contributed by atoms with E-state index in [-0.39, 0.29) is 16.5 Å². The molecule has 7 heteroatoms. The molecule has 0 bridgehead atoms. The van der Waals surface area contributed by atoms with E-state index in [2.05, 4.69) is 0 Å². The van der Waals surface area contributed by atoms with Crippen molar-refractivity contribution < 1.29 is 9.72 Å². The van der Waals surface area contributed by atoms with Crippen molar-refractivity contribution in [1.29, 1.82) is 0 Å². The topological polar surface area (TPSA) is 92.7 Å². The number of nitrogens with two attached hydrogens (primary N) is 1. The molecule has 1 amide bonds. The fourth-order valence-electron chi connectivity index (χ4n) is 3.67. The Balaban J connectivity index is 1.60. The van der Waals surface area contributed by atoms with Gasteiger partial charge in [-0.2, -0.15) is 0 Å². The van der Waals surface area contributed by atoms with Gasteiger partial charge in [0, 0.05) is 44.4 Å². The second-order valence-corrected chi connectivity index (χ2v) is 6.73. The first-order valence-corrected chi connectivity index (χ1v) is 8.61. The molecule has 24 heavy (non-hydrogen) atoms. The van der Waals surface area contributed by atoms with Crippen molar-refractivity contribution in [1.82, 2.24) is 4.90 Å². The molecule has 1 aromatic carbocycles. The Morgan fingerprint density at radius 3 is 2.50 bits per heavy atom.